The summed E-state index contributed by atoms with van der Waals surface area (Å²) in [6.07, 6.45) is 1.56. The molecule has 1 aromatic heterocycles. The van der Waals surface area contributed by atoms with E-state index in [9.17, 15) is 9.18 Å². The molecule has 0 unspecified atom stereocenters. The zero-order chi connectivity index (χ0) is 17.7. The first kappa shape index (κ1) is 17.4. The number of carbonyl (C=O) groups excluding carboxylic acids is 1. The fraction of sp³-hybridized carbons (Fsp3) is 0.211. The normalized spacial score (nSPS) is 11.5. The van der Waals surface area contributed by atoms with Crippen LogP contribution in [0, 0.1) is 17.1 Å². The summed E-state index contributed by atoms with van der Waals surface area (Å²) in [4.78, 5) is 16.3. The second kappa shape index (κ2) is 7.51. The van der Waals surface area contributed by atoms with E-state index in [2.05, 4.69) is 4.98 Å². The molecule has 4 nitrogen and oxygen atoms in total. The first-order valence-corrected chi connectivity index (χ1v) is 7.49. The topological polar surface area (TPSA) is 63.0 Å². The minimum atomic E-state index is -0.609. The number of pyridine rings is 1. The van der Waals surface area contributed by atoms with Crippen LogP contribution in [0.4, 0.5) is 4.39 Å². The number of Topliss-reactive ketones (excluding diaryl/α,β-unsaturated/α-hetero) is 1. The minimum absolute atomic E-state index is 0.0290. The third kappa shape index (κ3) is 3.66. The van der Waals surface area contributed by atoms with Crippen molar-refractivity contribution in [3.8, 4) is 11.9 Å². The van der Waals surface area contributed by atoms with Crippen LogP contribution in [0.2, 0.25) is 0 Å². The molecule has 2 rings (SSSR count). The molecule has 0 bridgehead atoms. The largest absolute Gasteiger partial charge is 0.478 e. The third-order valence-electron chi connectivity index (χ3n) is 3.57. The molecule has 0 spiro atoms. The Bertz CT molecular complexity index is 833. The lowest BCUT2D eigenvalue weighted by Crippen LogP contribution is -2.02. The molecule has 0 radical (unpaired) electrons. The molecule has 0 saturated heterocycles. The van der Waals surface area contributed by atoms with Crippen molar-refractivity contribution in [1.82, 2.24) is 4.98 Å². The van der Waals surface area contributed by atoms with Crippen LogP contribution in [0.5, 0.6) is 5.88 Å². The van der Waals surface area contributed by atoms with Crippen molar-refractivity contribution in [2.24, 2.45) is 0 Å². The minimum Gasteiger partial charge on any atom is -0.478 e. The molecule has 1 aromatic carbocycles. The highest BCUT2D eigenvalue weighted by Gasteiger charge is 2.14. The van der Waals surface area contributed by atoms with Crippen LogP contribution in [-0.2, 0) is 4.79 Å². The van der Waals surface area contributed by atoms with Gasteiger partial charge in [0.05, 0.1) is 12.2 Å². The van der Waals surface area contributed by atoms with E-state index in [0.29, 0.717) is 34.8 Å². The van der Waals surface area contributed by atoms with Gasteiger partial charge < -0.3 is 4.74 Å². The van der Waals surface area contributed by atoms with Crippen molar-refractivity contribution < 1.29 is 13.9 Å². The first-order valence-electron chi connectivity index (χ1n) is 7.49. The molecule has 1 heterocycles. The van der Waals surface area contributed by atoms with Crippen LogP contribution in [-0.4, -0.2) is 17.4 Å². The number of hydrogen-bond acceptors (Lipinski definition) is 4. The van der Waals surface area contributed by atoms with E-state index in [-0.39, 0.29) is 11.3 Å². The second-order valence-corrected chi connectivity index (χ2v) is 5.18. The quantitative estimate of drug-likeness (QED) is 0.780. The average molecular weight is 324 g/mol. The van der Waals surface area contributed by atoms with Gasteiger partial charge in [0.15, 0.2) is 5.78 Å². The van der Waals surface area contributed by atoms with E-state index in [1.165, 1.54) is 19.1 Å². The van der Waals surface area contributed by atoms with E-state index in [4.69, 9.17) is 10.00 Å². The Morgan fingerprint density at radius 3 is 2.46 bits per heavy atom. The number of carbonyl (C=O) groups is 1. The Kier molecular flexibility index (Phi) is 5.43. The van der Waals surface area contributed by atoms with Crippen molar-refractivity contribution in [1.29, 1.82) is 5.26 Å². The Morgan fingerprint density at radius 2 is 1.96 bits per heavy atom. The summed E-state index contributed by atoms with van der Waals surface area (Å²) in [7, 11) is 0. The number of rotatable bonds is 5. The molecule has 0 amide bonds. The number of nitriles is 1. The van der Waals surface area contributed by atoms with Crippen molar-refractivity contribution in [2.45, 2.75) is 20.8 Å². The lowest BCUT2D eigenvalue weighted by atomic mass is 9.93. The first-order chi connectivity index (χ1) is 11.5. The van der Waals surface area contributed by atoms with E-state index in [0.717, 1.165) is 0 Å². The fourth-order valence-corrected chi connectivity index (χ4v) is 2.43. The highest BCUT2D eigenvalue weighted by Crippen LogP contribution is 2.28. The summed E-state index contributed by atoms with van der Waals surface area (Å²) in [5.41, 5.74) is 2.23. The summed E-state index contributed by atoms with van der Waals surface area (Å²) >= 11 is 0. The smallest absolute Gasteiger partial charge is 0.213 e. The molecule has 0 aliphatic rings. The van der Waals surface area contributed by atoms with Gasteiger partial charge >= 0.3 is 0 Å². The summed E-state index contributed by atoms with van der Waals surface area (Å²) in [6.45, 7) is 5.56. The van der Waals surface area contributed by atoms with Crippen LogP contribution in [0.15, 0.2) is 36.5 Å². The summed E-state index contributed by atoms with van der Waals surface area (Å²) in [6, 6.07) is 9.51. The Labute approximate surface area is 140 Å². The zero-order valence-corrected chi connectivity index (χ0v) is 13.8. The van der Waals surface area contributed by atoms with Gasteiger partial charge in [-0.25, -0.2) is 9.37 Å². The van der Waals surface area contributed by atoms with E-state index in [1.54, 1.807) is 37.4 Å². The molecular formula is C19H17FN2O2. The third-order valence-corrected chi connectivity index (χ3v) is 3.57. The van der Waals surface area contributed by atoms with Crippen molar-refractivity contribution in [3.05, 3.63) is 59.0 Å². The number of nitrogens with zero attached hydrogens (tertiary/aromatic N) is 2. The maximum atomic E-state index is 13.9. The molecule has 122 valence electrons. The number of hydrogen-bond donors (Lipinski definition) is 0. The molecule has 0 atom stereocenters. The van der Waals surface area contributed by atoms with Gasteiger partial charge in [-0.05, 0) is 50.1 Å². The molecule has 0 aliphatic carbocycles. The molecule has 5 heteroatoms. The number of allylic oxidation sites excluding steroid dienone is 2. The monoisotopic (exact) mass is 324 g/mol. The molecule has 24 heavy (non-hydrogen) atoms. The lowest BCUT2D eigenvalue weighted by Gasteiger charge is -2.11. The lowest BCUT2D eigenvalue weighted by molar-refractivity contribution is -0.111. The fourth-order valence-electron chi connectivity index (χ4n) is 2.43. The van der Waals surface area contributed by atoms with E-state index in [1.807, 2.05) is 6.92 Å². The van der Waals surface area contributed by atoms with Gasteiger partial charge in [-0.3, -0.25) is 4.79 Å². The van der Waals surface area contributed by atoms with Crippen LogP contribution in [0.1, 0.15) is 37.5 Å². The van der Waals surface area contributed by atoms with Crippen LogP contribution >= 0.6 is 0 Å². The van der Waals surface area contributed by atoms with Gasteiger partial charge in [0.2, 0.25) is 5.88 Å². The highest BCUT2D eigenvalue weighted by atomic mass is 19.1. The number of aromatic nitrogens is 1. The zero-order valence-electron chi connectivity index (χ0n) is 13.8. The average Bonchev–Trinajstić information content (AvgIpc) is 2.56. The van der Waals surface area contributed by atoms with Gasteiger partial charge in [-0.1, -0.05) is 6.07 Å². The van der Waals surface area contributed by atoms with Gasteiger partial charge in [0.25, 0.3) is 0 Å². The SMILES string of the molecule is CCOc1ccc(C(C(C)=O)=C(C)c2ccc(C#N)c(F)c2)cn1. The predicted octanol–water partition coefficient (Wildman–Crippen LogP) is 4.01. The number of ketones is 1. The number of benzene rings is 1. The van der Waals surface area contributed by atoms with Crippen LogP contribution < -0.4 is 4.74 Å². The Morgan fingerprint density at radius 1 is 1.25 bits per heavy atom. The van der Waals surface area contributed by atoms with E-state index >= 15 is 0 Å². The summed E-state index contributed by atoms with van der Waals surface area (Å²) in [5.74, 6) is -0.281. The van der Waals surface area contributed by atoms with Gasteiger partial charge in [-0.2, -0.15) is 5.26 Å². The summed E-state index contributed by atoms with van der Waals surface area (Å²) < 4.78 is 19.2. The maximum Gasteiger partial charge on any atom is 0.213 e. The molecule has 2 aromatic rings. The number of ether oxygens (including phenoxy) is 1. The van der Waals surface area contributed by atoms with Crippen molar-refractivity contribution in [3.63, 3.8) is 0 Å². The van der Waals surface area contributed by atoms with Crippen LogP contribution in [0.25, 0.3) is 11.1 Å². The van der Waals surface area contributed by atoms with E-state index < -0.39 is 5.82 Å². The molecule has 0 aliphatic heterocycles. The molecular weight excluding hydrogens is 307 g/mol. The molecule has 0 saturated carbocycles. The summed E-state index contributed by atoms with van der Waals surface area (Å²) in [5, 5.41) is 8.82. The van der Waals surface area contributed by atoms with Gasteiger partial charge in [0.1, 0.15) is 11.9 Å². The maximum absolute atomic E-state index is 13.9. The van der Waals surface area contributed by atoms with Crippen molar-refractivity contribution >= 4 is 16.9 Å². The standard InChI is InChI=1S/C19H17FN2O2/c1-4-24-18-8-7-16(11-22-18)19(13(3)23)12(2)14-5-6-15(10-21)17(20)9-14/h5-9,11H,4H2,1-3H3. The Balaban J connectivity index is 2.52. The molecule has 0 fully saturated rings. The molecule has 0 N–H and O–H groups in total. The van der Waals surface area contributed by atoms with Gasteiger partial charge in [-0.15, -0.1) is 0 Å². The second-order valence-electron chi connectivity index (χ2n) is 5.18. The number of halogens is 1. The Hall–Kier alpha value is -3.00. The van der Waals surface area contributed by atoms with Crippen LogP contribution in [0.3, 0.4) is 0 Å². The van der Waals surface area contributed by atoms with Crippen molar-refractivity contribution in [2.75, 3.05) is 6.61 Å². The predicted molar refractivity (Wildman–Crippen MR) is 89.7 cm³/mol. The highest BCUT2D eigenvalue weighted by molar-refractivity contribution is 6.26. The van der Waals surface area contributed by atoms with Gasteiger partial charge in [0, 0.05) is 23.4 Å².